The molecule has 0 amide bonds. The normalized spacial score (nSPS) is 28.7. The Kier molecular flexibility index (Phi) is 3.88. The van der Waals surface area contributed by atoms with Crippen LogP contribution in [-0.2, 0) is 38.1 Å². The lowest BCUT2D eigenvalue weighted by Crippen LogP contribution is -2.38. The Bertz CT molecular complexity index is 461. The summed E-state index contributed by atoms with van der Waals surface area (Å²) in [5, 5.41) is 0. The summed E-state index contributed by atoms with van der Waals surface area (Å²) in [5.41, 5.74) is 0. The Hall–Kier alpha value is -0.710. The summed E-state index contributed by atoms with van der Waals surface area (Å²) in [6, 6.07) is 0. The van der Waals surface area contributed by atoms with Crippen molar-refractivity contribution in [2.45, 2.75) is 6.10 Å². The van der Waals surface area contributed by atoms with Crippen LogP contribution in [0, 0.1) is 0 Å². The Morgan fingerprint density at radius 2 is 1.75 bits per heavy atom. The number of carbonyl (C=O) groups excluding carboxylic acids is 1. The van der Waals surface area contributed by atoms with Crippen molar-refractivity contribution < 1.29 is 34.7 Å². The highest BCUT2D eigenvalue weighted by Gasteiger charge is 2.33. The van der Waals surface area contributed by atoms with Crippen LogP contribution in [0.15, 0.2) is 0 Å². The Morgan fingerprint density at radius 3 is 2.31 bits per heavy atom. The van der Waals surface area contributed by atoms with Gasteiger partial charge in [-0.1, -0.05) is 0 Å². The van der Waals surface area contributed by atoms with Crippen molar-refractivity contribution in [1.29, 1.82) is 0 Å². The van der Waals surface area contributed by atoms with E-state index in [1.54, 1.807) is 0 Å². The van der Waals surface area contributed by atoms with Gasteiger partial charge in [0, 0.05) is 0 Å². The standard InChI is InChI=1S/C6H10O8S2/c1-12-6(7)5-4-13-15(8,9)2-3-16(10,11)14-5/h5H,2-4H2,1H3. The number of hydrogen-bond acceptors (Lipinski definition) is 8. The van der Waals surface area contributed by atoms with Gasteiger partial charge in [-0.05, 0) is 0 Å². The summed E-state index contributed by atoms with van der Waals surface area (Å²) >= 11 is 0. The average molecular weight is 274 g/mol. The molecule has 0 aromatic heterocycles. The molecule has 0 aliphatic carbocycles. The molecule has 1 aliphatic rings. The first-order chi connectivity index (χ1) is 7.26. The van der Waals surface area contributed by atoms with Crippen molar-refractivity contribution in [3.05, 3.63) is 0 Å². The maximum atomic E-state index is 11.2. The van der Waals surface area contributed by atoms with Gasteiger partial charge in [-0.15, -0.1) is 0 Å². The van der Waals surface area contributed by atoms with Crippen molar-refractivity contribution >= 4 is 26.2 Å². The molecule has 10 heteroatoms. The molecule has 1 saturated heterocycles. The lowest BCUT2D eigenvalue weighted by molar-refractivity contribution is -0.149. The molecule has 1 heterocycles. The Morgan fingerprint density at radius 1 is 1.19 bits per heavy atom. The van der Waals surface area contributed by atoms with E-state index in [1.165, 1.54) is 0 Å². The van der Waals surface area contributed by atoms with Crippen molar-refractivity contribution in [3.8, 4) is 0 Å². The fourth-order valence-electron chi connectivity index (χ4n) is 0.920. The minimum absolute atomic E-state index is 0.705. The molecule has 0 radical (unpaired) electrons. The molecule has 0 aromatic rings. The molecular formula is C6H10O8S2. The highest BCUT2D eigenvalue weighted by Crippen LogP contribution is 2.10. The Balaban J connectivity index is 2.93. The summed E-state index contributed by atoms with van der Waals surface area (Å²) in [7, 11) is -7.01. The molecule has 1 atom stereocenters. The highest BCUT2D eigenvalue weighted by atomic mass is 32.2. The number of carbonyl (C=O) groups is 1. The highest BCUT2D eigenvalue weighted by molar-refractivity contribution is 7.90. The maximum Gasteiger partial charge on any atom is 0.339 e. The zero-order valence-corrected chi connectivity index (χ0v) is 9.91. The summed E-state index contributed by atoms with van der Waals surface area (Å²) in [4.78, 5) is 11.0. The fraction of sp³-hybridized carbons (Fsp3) is 0.833. The lowest BCUT2D eigenvalue weighted by Gasteiger charge is -2.18. The van der Waals surface area contributed by atoms with Crippen LogP contribution >= 0.6 is 0 Å². The molecule has 0 bridgehead atoms. The van der Waals surface area contributed by atoms with Gasteiger partial charge in [0.2, 0.25) is 0 Å². The molecule has 16 heavy (non-hydrogen) atoms. The van der Waals surface area contributed by atoms with Gasteiger partial charge in [0.05, 0.1) is 18.6 Å². The predicted molar refractivity (Wildman–Crippen MR) is 50.4 cm³/mol. The minimum atomic E-state index is -4.08. The predicted octanol–water partition coefficient (Wildman–Crippen LogP) is -1.77. The second kappa shape index (κ2) is 4.65. The van der Waals surface area contributed by atoms with E-state index in [4.69, 9.17) is 0 Å². The molecular weight excluding hydrogens is 264 g/mol. The largest absolute Gasteiger partial charge is 0.467 e. The number of ether oxygens (including phenoxy) is 1. The summed E-state index contributed by atoms with van der Waals surface area (Å²) in [5.74, 6) is -2.48. The first kappa shape index (κ1) is 13.4. The number of rotatable bonds is 1. The van der Waals surface area contributed by atoms with Gasteiger partial charge in [-0.2, -0.15) is 16.8 Å². The summed E-state index contributed by atoms with van der Waals surface area (Å²) < 4.78 is 57.6. The van der Waals surface area contributed by atoms with Crippen LogP contribution in [0.5, 0.6) is 0 Å². The molecule has 0 N–H and O–H groups in total. The van der Waals surface area contributed by atoms with Crippen molar-refractivity contribution in [1.82, 2.24) is 0 Å². The Labute approximate surface area is 92.7 Å². The van der Waals surface area contributed by atoms with E-state index >= 15 is 0 Å². The van der Waals surface area contributed by atoms with E-state index in [9.17, 15) is 21.6 Å². The average Bonchev–Trinajstić information content (AvgIpc) is 2.19. The molecule has 0 spiro atoms. The molecule has 0 aromatic carbocycles. The number of esters is 1. The third kappa shape index (κ3) is 3.70. The third-order valence-corrected chi connectivity index (χ3v) is 4.40. The topological polar surface area (TPSA) is 113 Å². The first-order valence-electron chi connectivity index (χ1n) is 4.12. The SMILES string of the molecule is COC(=O)C1COS(=O)(=O)CCS(=O)(=O)O1. The van der Waals surface area contributed by atoms with Gasteiger partial charge in [0.25, 0.3) is 20.2 Å². The van der Waals surface area contributed by atoms with Gasteiger partial charge in [0.15, 0.2) is 6.10 Å². The van der Waals surface area contributed by atoms with Crippen molar-refractivity contribution in [3.63, 3.8) is 0 Å². The molecule has 1 rings (SSSR count). The number of hydrogen-bond donors (Lipinski definition) is 0. The minimum Gasteiger partial charge on any atom is -0.467 e. The molecule has 1 fully saturated rings. The van der Waals surface area contributed by atoms with Crippen LogP contribution in [0.4, 0.5) is 0 Å². The quantitative estimate of drug-likeness (QED) is 0.408. The van der Waals surface area contributed by atoms with Gasteiger partial charge in [-0.3, -0.25) is 8.37 Å². The van der Waals surface area contributed by atoms with Crippen molar-refractivity contribution in [2.75, 3.05) is 25.2 Å². The first-order valence-corrected chi connectivity index (χ1v) is 7.27. The molecule has 1 aliphatic heterocycles. The zero-order valence-electron chi connectivity index (χ0n) is 8.28. The van der Waals surface area contributed by atoms with E-state index in [0.717, 1.165) is 7.11 Å². The van der Waals surface area contributed by atoms with E-state index in [2.05, 4.69) is 13.1 Å². The maximum absolute atomic E-state index is 11.2. The second-order valence-electron chi connectivity index (χ2n) is 2.92. The molecule has 94 valence electrons. The third-order valence-electron chi connectivity index (χ3n) is 1.71. The molecule has 1 unspecified atom stereocenters. The van der Waals surface area contributed by atoms with E-state index in [0.29, 0.717) is 0 Å². The molecule has 8 nitrogen and oxygen atoms in total. The second-order valence-corrected chi connectivity index (χ2v) is 6.39. The molecule has 0 saturated carbocycles. The van der Waals surface area contributed by atoms with E-state index < -0.39 is 50.4 Å². The zero-order chi connectivity index (χ0) is 12.4. The van der Waals surface area contributed by atoms with E-state index in [-0.39, 0.29) is 0 Å². The van der Waals surface area contributed by atoms with Crippen LogP contribution in [-0.4, -0.2) is 54.1 Å². The number of methoxy groups -OCH3 is 1. The van der Waals surface area contributed by atoms with Gasteiger partial charge in [-0.25, -0.2) is 4.79 Å². The summed E-state index contributed by atoms with van der Waals surface area (Å²) in [6.45, 7) is -0.714. The smallest absolute Gasteiger partial charge is 0.339 e. The van der Waals surface area contributed by atoms with E-state index in [1.807, 2.05) is 0 Å². The van der Waals surface area contributed by atoms with Crippen LogP contribution in [0.25, 0.3) is 0 Å². The van der Waals surface area contributed by atoms with Crippen LogP contribution in [0.1, 0.15) is 0 Å². The summed E-state index contributed by atoms with van der Waals surface area (Å²) in [6.07, 6.45) is -1.59. The van der Waals surface area contributed by atoms with Gasteiger partial charge in [0.1, 0.15) is 6.61 Å². The monoisotopic (exact) mass is 274 g/mol. The van der Waals surface area contributed by atoms with Crippen LogP contribution in [0.2, 0.25) is 0 Å². The fourth-order valence-corrected chi connectivity index (χ4v) is 3.59. The lowest BCUT2D eigenvalue weighted by atomic mass is 10.4. The van der Waals surface area contributed by atoms with Crippen molar-refractivity contribution in [2.24, 2.45) is 0 Å². The van der Waals surface area contributed by atoms with Gasteiger partial charge >= 0.3 is 5.97 Å². The van der Waals surface area contributed by atoms with Gasteiger partial charge < -0.3 is 4.74 Å². The van der Waals surface area contributed by atoms with Crippen LogP contribution < -0.4 is 0 Å². The van der Waals surface area contributed by atoms with Crippen LogP contribution in [0.3, 0.4) is 0 Å².